The lowest BCUT2D eigenvalue weighted by Gasteiger charge is -2.26. The molecular formula is C7H14O7. The van der Waals surface area contributed by atoms with Crippen molar-refractivity contribution in [3.05, 3.63) is 0 Å². The number of hydrogen-bond acceptors (Lipinski definition) is 7. The monoisotopic (exact) mass is 210 g/mol. The minimum atomic E-state index is -1.92. The molecule has 0 saturated carbocycles. The van der Waals surface area contributed by atoms with Gasteiger partial charge in [-0.2, -0.15) is 0 Å². The molecule has 0 saturated heterocycles. The summed E-state index contributed by atoms with van der Waals surface area (Å²) in [5.41, 5.74) is 0. The van der Waals surface area contributed by atoms with Crippen LogP contribution in [0.4, 0.5) is 0 Å². The fourth-order valence-corrected chi connectivity index (χ4v) is 0.820. The van der Waals surface area contributed by atoms with Crippen LogP contribution in [0.5, 0.6) is 0 Å². The lowest BCUT2D eigenvalue weighted by atomic mass is 10.0. The Bertz CT molecular complexity index is 173. The van der Waals surface area contributed by atoms with Crippen LogP contribution >= 0.6 is 0 Å². The first kappa shape index (κ1) is 13.4. The van der Waals surface area contributed by atoms with Crippen LogP contribution in [0, 0.1) is 0 Å². The Balaban J connectivity index is 4.29. The van der Waals surface area contributed by atoms with Crippen LogP contribution in [0.1, 0.15) is 0 Å². The van der Waals surface area contributed by atoms with Gasteiger partial charge in [-0.15, -0.1) is 0 Å². The van der Waals surface area contributed by atoms with Crippen LogP contribution in [0.2, 0.25) is 0 Å². The molecule has 0 fully saturated rings. The second kappa shape index (κ2) is 6.02. The summed E-state index contributed by atoms with van der Waals surface area (Å²) < 4.78 is 0. The van der Waals surface area contributed by atoms with E-state index >= 15 is 0 Å². The van der Waals surface area contributed by atoms with Gasteiger partial charge in [0.25, 0.3) is 0 Å². The lowest BCUT2D eigenvalue weighted by molar-refractivity contribution is -0.147. The van der Waals surface area contributed by atoms with Gasteiger partial charge >= 0.3 is 0 Å². The molecule has 0 aromatic carbocycles. The Labute approximate surface area is 79.9 Å². The van der Waals surface area contributed by atoms with E-state index in [9.17, 15) is 4.79 Å². The molecule has 5 atom stereocenters. The van der Waals surface area contributed by atoms with Gasteiger partial charge in [0.2, 0.25) is 0 Å². The summed E-state index contributed by atoms with van der Waals surface area (Å²) in [5.74, 6) is 0. The molecule has 0 bridgehead atoms. The molecular weight excluding hydrogens is 196 g/mol. The number of aldehydes is 1. The molecule has 0 aliphatic heterocycles. The minimum Gasteiger partial charge on any atom is -0.394 e. The third-order valence-electron chi connectivity index (χ3n) is 1.77. The Morgan fingerprint density at radius 3 is 1.79 bits per heavy atom. The average Bonchev–Trinajstić information content (AvgIpc) is 2.23. The van der Waals surface area contributed by atoms with Crippen LogP contribution in [0.15, 0.2) is 0 Å². The van der Waals surface area contributed by atoms with Gasteiger partial charge in [0, 0.05) is 0 Å². The molecule has 6 N–H and O–H groups in total. The van der Waals surface area contributed by atoms with Crippen molar-refractivity contribution in [1.82, 2.24) is 0 Å². The van der Waals surface area contributed by atoms with E-state index in [4.69, 9.17) is 30.6 Å². The van der Waals surface area contributed by atoms with E-state index in [0.717, 1.165) is 0 Å². The number of carbonyl (C=O) groups excluding carboxylic acids is 1. The first-order valence-electron chi connectivity index (χ1n) is 3.92. The second-order valence-electron chi connectivity index (χ2n) is 2.85. The largest absolute Gasteiger partial charge is 0.394 e. The van der Waals surface area contributed by atoms with E-state index in [0.29, 0.717) is 0 Å². The maximum atomic E-state index is 10.00. The molecule has 0 radical (unpaired) electrons. The zero-order valence-corrected chi connectivity index (χ0v) is 7.26. The van der Waals surface area contributed by atoms with Gasteiger partial charge < -0.3 is 35.4 Å². The second-order valence-corrected chi connectivity index (χ2v) is 2.85. The van der Waals surface area contributed by atoms with E-state index in [-0.39, 0.29) is 6.29 Å². The van der Waals surface area contributed by atoms with Crippen molar-refractivity contribution in [3.63, 3.8) is 0 Å². The smallest absolute Gasteiger partial charge is 0.151 e. The lowest BCUT2D eigenvalue weighted by Crippen LogP contribution is -2.50. The van der Waals surface area contributed by atoms with Crippen molar-refractivity contribution in [2.75, 3.05) is 6.61 Å². The predicted octanol–water partition coefficient (Wildman–Crippen LogP) is -4.02. The predicted molar refractivity (Wildman–Crippen MR) is 43.2 cm³/mol. The number of aliphatic hydroxyl groups excluding tert-OH is 6. The maximum Gasteiger partial charge on any atom is 0.151 e. The number of hydrogen-bond donors (Lipinski definition) is 6. The van der Waals surface area contributed by atoms with Gasteiger partial charge in [0.15, 0.2) is 6.29 Å². The third-order valence-corrected chi connectivity index (χ3v) is 1.77. The summed E-state index contributed by atoms with van der Waals surface area (Å²) >= 11 is 0. The summed E-state index contributed by atoms with van der Waals surface area (Å²) in [5, 5.41) is 53.2. The Hall–Kier alpha value is -0.570. The number of rotatable bonds is 6. The summed E-state index contributed by atoms with van der Waals surface area (Å²) in [6.45, 7) is -0.817. The molecule has 84 valence electrons. The fraction of sp³-hybridized carbons (Fsp3) is 0.857. The van der Waals surface area contributed by atoms with Gasteiger partial charge in [0.05, 0.1) is 6.61 Å². The van der Waals surface area contributed by atoms with Crippen molar-refractivity contribution in [3.8, 4) is 0 Å². The van der Waals surface area contributed by atoms with Gasteiger partial charge in [0.1, 0.15) is 30.5 Å². The van der Waals surface area contributed by atoms with Crippen molar-refractivity contribution in [2.24, 2.45) is 0 Å². The highest BCUT2D eigenvalue weighted by molar-refractivity contribution is 5.56. The van der Waals surface area contributed by atoms with E-state index in [1.807, 2.05) is 0 Å². The van der Waals surface area contributed by atoms with Crippen molar-refractivity contribution < 1.29 is 35.4 Å². The van der Waals surface area contributed by atoms with Crippen molar-refractivity contribution in [2.45, 2.75) is 30.5 Å². The van der Waals surface area contributed by atoms with Crippen LogP contribution < -0.4 is 0 Å². The molecule has 0 heterocycles. The molecule has 0 aliphatic carbocycles. The van der Waals surface area contributed by atoms with Crippen LogP contribution in [0.3, 0.4) is 0 Å². The topological polar surface area (TPSA) is 138 Å². The van der Waals surface area contributed by atoms with Gasteiger partial charge in [-0.1, -0.05) is 0 Å². The Morgan fingerprint density at radius 1 is 0.929 bits per heavy atom. The van der Waals surface area contributed by atoms with Crippen LogP contribution in [-0.2, 0) is 4.79 Å². The van der Waals surface area contributed by atoms with Crippen molar-refractivity contribution in [1.29, 1.82) is 0 Å². The summed E-state index contributed by atoms with van der Waals surface area (Å²) in [6, 6.07) is 0. The van der Waals surface area contributed by atoms with Gasteiger partial charge in [-0.3, -0.25) is 0 Å². The van der Waals surface area contributed by atoms with Crippen molar-refractivity contribution >= 4 is 6.29 Å². The highest BCUT2D eigenvalue weighted by Gasteiger charge is 2.33. The summed E-state index contributed by atoms with van der Waals surface area (Å²) in [6.07, 6.45) is -9.21. The highest BCUT2D eigenvalue weighted by Crippen LogP contribution is 2.07. The molecule has 1 unspecified atom stereocenters. The SMILES string of the molecule is O=C[C@@H](O)[C@@H](O)[C@H](O)[C@H](O)C(O)CO. The van der Waals surface area contributed by atoms with Crippen LogP contribution in [0.25, 0.3) is 0 Å². The molecule has 7 heteroatoms. The zero-order valence-electron chi connectivity index (χ0n) is 7.26. The first-order chi connectivity index (χ1) is 6.45. The maximum absolute atomic E-state index is 10.00. The molecule has 0 aromatic heterocycles. The summed E-state index contributed by atoms with van der Waals surface area (Å²) in [4.78, 5) is 10.00. The first-order valence-corrected chi connectivity index (χ1v) is 3.92. The Morgan fingerprint density at radius 2 is 1.43 bits per heavy atom. The normalized spacial score (nSPS) is 22.1. The molecule has 0 aliphatic rings. The van der Waals surface area contributed by atoms with E-state index in [1.165, 1.54) is 0 Å². The van der Waals surface area contributed by atoms with E-state index < -0.39 is 37.1 Å². The summed E-state index contributed by atoms with van der Waals surface area (Å²) in [7, 11) is 0. The quantitative estimate of drug-likeness (QED) is 0.245. The van der Waals surface area contributed by atoms with Gasteiger partial charge in [-0.05, 0) is 0 Å². The number of carbonyl (C=O) groups is 1. The molecule has 0 amide bonds. The molecule has 0 spiro atoms. The number of aliphatic hydroxyl groups is 6. The molecule has 14 heavy (non-hydrogen) atoms. The zero-order chi connectivity index (χ0) is 11.3. The Kier molecular flexibility index (Phi) is 5.77. The van der Waals surface area contributed by atoms with Crippen LogP contribution in [-0.4, -0.2) is 74.1 Å². The highest BCUT2D eigenvalue weighted by atomic mass is 16.4. The molecule has 0 aromatic rings. The van der Waals surface area contributed by atoms with Gasteiger partial charge in [-0.25, -0.2) is 0 Å². The molecule has 7 nitrogen and oxygen atoms in total. The fourth-order valence-electron chi connectivity index (χ4n) is 0.820. The molecule has 0 rings (SSSR count). The van der Waals surface area contributed by atoms with E-state index in [1.54, 1.807) is 0 Å². The third kappa shape index (κ3) is 3.29. The standard InChI is InChI=1S/C7H14O7/c8-1-3(10)5(12)7(14)6(13)4(11)2-9/h1,3-7,9-14H,2H2/t3-,4?,5-,6-,7+/m1/s1. The average molecular weight is 210 g/mol. The van der Waals surface area contributed by atoms with E-state index in [2.05, 4.69) is 0 Å². The minimum absolute atomic E-state index is 0.0219.